The van der Waals surface area contributed by atoms with Crippen molar-refractivity contribution in [1.82, 2.24) is 9.80 Å². The molecule has 1 heterocycles. The van der Waals surface area contributed by atoms with Gasteiger partial charge in [-0.25, -0.2) is 4.99 Å². The van der Waals surface area contributed by atoms with Crippen molar-refractivity contribution < 1.29 is 0 Å². The quantitative estimate of drug-likeness (QED) is 0.259. The number of halogens is 1. The van der Waals surface area contributed by atoms with E-state index in [1.165, 1.54) is 5.69 Å². The zero-order chi connectivity index (χ0) is 19.1. The third-order valence-corrected chi connectivity index (χ3v) is 4.82. The van der Waals surface area contributed by atoms with Gasteiger partial charge in [0.05, 0.1) is 6.34 Å². The van der Waals surface area contributed by atoms with Crippen LogP contribution in [0.25, 0.3) is 0 Å². The fourth-order valence-electron chi connectivity index (χ4n) is 2.84. The van der Waals surface area contributed by atoms with Crippen LogP contribution < -0.4 is 4.90 Å². The Kier molecular flexibility index (Phi) is 7.43. The molecule has 0 amide bonds. The highest BCUT2D eigenvalue weighted by Crippen LogP contribution is 2.21. The lowest BCUT2D eigenvalue weighted by Gasteiger charge is -2.26. The first kappa shape index (κ1) is 20.2. The number of nitrogens with zero attached hydrogens (tertiary/aromatic N) is 5. The van der Waals surface area contributed by atoms with Crippen LogP contribution in [0.4, 0.5) is 5.69 Å². The molecule has 1 aromatic rings. The summed E-state index contributed by atoms with van der Waals surface area (Å²) in [6, 6.07) is 10.2. The molecule has 0 N–H and O–H groups in total. The molecule has 1 saturated heterocycles. The summed E-state index contributed by atoms with van der Waals surface area (Å²) in [4.78, 5) is 10.9. The van der Waals surface area contributed by atoms with Crippen LogP contribution in [0.15, 0.2) is 40.5 Å². The summed E-state index contributed by atoms with van der Waals surface area (Å²) in [5, 5.41) is 10.3. The first-order valence-electron chi connectivity index (χ1n) is 8.53. The third kappa shape index (κ3) is 5.45. The standard InChI is InChI=1S/C19H24ClN5S/c1-15(18(13-21)19(26)22-14-23(2)3)24-9-4-10-25(12-11-24)17-7-5-16(20)6-8-17/h5-8,14H,4,9-12H2,1-3H3/b18-15-,22-14+. The molecule has 0 radical (unpaired) electrons. The van der Waals surface area contributed by atoms with Crippen LogP contribution in [0.1, 0.15) is 13.3 Å². The summed E-state index contributed by atoms with van der Waals surface area (Å²) >= 11 is 11.3. The molecule has 0 spiro atoms. The normalized spacial score (nSPS) is 16.1. The van der Waals surface area contributed by atoms with E-state index in [0.717, 1.165) is 43.3 Å². The lowest BCUT2D eigenvalue weighted by Crippen LogP contribution is -2.30. The highest BCUT2D eigenvalue weighted by molar-refractivity contribution is 7.80. The van der Waals surface area contributed by atoms with Gasteiger partial charge < -0.3 is 14.7 Å². The second-order valence-electron chi connectivity index (χ2n) is 6.39. The van der Waals surface area contributed by atoms with E-state index in [2.05, 4.69) is 20.9 Å². The fourth-order valence-corrected chi connectivity index (χ4v) is 3.20. The molecule has 0 aromatic heterocycles. The highest BCUT2D eigenvalue weighted by atomic mass is 35.5. The molecule has 2 rings (SSSR count). The average Bonchev–Trinajstić information content (AvgIpc) is 2.87. The largest absolute Gasteiger partial charge is 0.372 e. The summed E-state index contributed by atoms with van der Waals surface area (Å²) in [5.74, 6) is 0. The van der Waals surface area contributed by atoms with Gasteiger partial charge in [-0.1, -0.05) is 23.8 Å². The van der Waals surface area contributed by atoms with E-state index < -0.39 is 0 Å². The number of anilines is 1. The van der Waals surface area contributed by atoms with Gasteiger partial charge in [0, 0.05) is 56.7 Å². The van der Waals surface area contributed by atoms with Gasteiger partial charge in [-0.05, 0) is 37.6 Å². The molecule has 1 fully saturated rings. The molecule has 0 atom stereocenters. The number of nitriles is 1. The van der Waals surface area contributed by atoms with Crippen LogP contribution >= 0.6 is 23.8 Å². The van der Waals surface area contributed by atoms with Crippen molar-refractivity contribution in [2.75, 3.05) is 45.2 Å². The van der Waals surface area contributed by atoms with E-state index in [-0.39, 0.29) is 0 Å². The first-order valence-corrected chi connectivity index (χ1v) is 9.32. The predicted octanol–water partition coefficient (Wildman–Crippen LogP) is 3.57. The van der Waals surface area contributed by atoms with Gasteiger partial charge >= 0.3 is 0 Å². The fraction of sp³-hybridized carbons (Fsp3) is 0.421. The Bertz CT molecular complexity index is 733. The van der Waals surface area contributed by atoms with Crippen molar-refractivity contribution in [2.45, 2.75) is 13.3 Å². The minimum atomic E-state index is 0.331. The van der Waals surface area contributed by atoms with Crippen LogP contribution in [0.2, 0.25) is 5.02 Å². The highest BCUT2D eigenvalue weighted by Gasteiger charge is 2.19. The van der Waals surface area contributed by atoms with Gasteiger partial charge in [-0.3, -0.25) is 0 Å². The Morgan fingerprint density at radius 2 is 1.92 bits per heavy atom. The number of aliphatic imine (C=N–C) groups is 1. The van der Waals surface area contributed by atoms with Crippen molar-refractivity contribution in [3.05, 3.63) is 40.6 Å². The second-order valence-corrected chi connectivity index (χ2v) is 7.21. The van der Waals surface area contributed by atoms with E-state index in [0.29, 0.717) is 10.6 Å². The molecular formula is C19H24ClN5S. The lowest BCUT2D eigenvalue weighted by atomic mass is 10.2. The molecular weight excluding hydrogens is 366 g/mol. The van der Waals surface area contributed by atoms with Crippen molar-refractivity contribution in [3.63, 3.8) is 0 Å². The summed E-state index contributed by atoms with van der Waals surface area (Å²) in [7, 11) is 3.74. The predicted molar refractivity (Wildman–Crippen MR) is 113 cm³/mol. The maximum Gasteiger partial charge on any atom is 0.147 e. The molecule has 7 heteroatoms. The smallest absolute Gasteiger partial charge is 0.147 e. The van der Waals surface area contributed by atoms with E-state index in [9.17, 15) is 5.26 Å². The molecule has 26 heavy (non-hydrogen) atoms. The van der Waals surface area contributed by atoms with Crippen LogP contribution in [0.5, 0.6) is 0 Å². The molecule has 0 aliphatic carbocycles. The molecule has 0 unspecified atom stereocenters. The lowest BCUT2D eigenvalue weighted by molar-refractivity contribution is 0.369. The zero-order valence-electron chi connectivity index (χ0n) is 15.4. The number of rotatable bonds is 4. The van der Waals surface area contributed by atoms with Gasteiger partial charge in [0.25, 0.3) is 0 Å². The van der Waals surface area contributed by atoms with Crippen molar-refractivity contribution >= 4 is 40.8 Å². The molecule has 1 aromatic carbocycles. The first-order chi connectivity index (χ1) is 12.4. The van der Waals surface area contributed by atoms with E-state index in [4.69, 9.17) is 23.8 Å². The summed E-state index contributed by atoms with van der Waals surface area (Å²) in [5.41, 5.74) is 2.54. The van der Waals surface area contributed by atoms with Crippen molar-refractivity contribution in [3.8, 4) is 6.07 Å². The van der Waals surface area contributed by atoms with E-state index >= 15 is 0 Å². The van der Waals surface area contributed by atoms with Crippen molar-refractivity contribution in [2.24, 2.45) is 4.99 Å². The van der Waals surface area contributed by atoms with E-state index in [1.807, 2.05) is 45.3 Å². The summed E-state index contributed by atoms with van der Waals surface area (Å²) < 4.78 is 0. The van der Waals surface area contributed by atoms with Crippen LogP contribution in [0, 0.1) is 11.3 Å². The van der Waals surface area contributed by atoms with Crippen LogP contribution in [-0.2, 0) is 0 Å². The minimum Gasteiger partial charge on any atom is -0.372 e. The second kappa shape index (κ2) is 9.56. The van der Waals surface area contributed by atoms with Gasteiger partial charge in [0.2, 0.25) is 0 Å². The molecule has 138 valence electrons. The SMILES string of the molecule is C/C(=C(\C#N)C(=S)/N=C/N(C)C)N1CCCN(c2ccc(Cl)cc2)CC1. The molecule has 0 bridgehead atoms. The van der Waals surface area contributed by atoms with E-state index in [1.54, 1.807) is 11.2 Å². The topological polar surface area (TPSA) is 45.9 Å². The summed E-state index contributed by atoms with van der Waals surface area (Å²) in [6.45, 7) is 5.52. The van der Waals surface area contributed by atoms with Gasteiger partial charge in [0.15, 0.2) is 0 Å². The number of hydrogen-bond donors (Lipinski definition) is 0. The van der Waals surface area contributed by atoms with Crippen LogP contribution in [-0.4, -0.2) is 61.4 Å². The molecule has 5 nitrogen and oxygen atoms in total. The van der Waals surface area contributed by atoms with Gasteiger partial charge in [-0.15, -0.1) is 0 Å². The van der Waals surface area contributed by atoms with Crippen LogP contribution in [0.3, 0.4) is 0 Å². The molecule has 1 aliphatic heterocycles. The number of benzene rings is 1. The Morgan fingerprint density at radius 3 is 2.54 bits per heavy atom. The minimum absolute atomic E-state index is 0.331. The maximum atomic E-state index is 9.56. The Morgan fingerprint density at radius 1 is 1.23 bits per heavy atom. The molecule has 1 aliphatic rings. The maximum absolute atomic E-state index is 9.56. The Hall–Kier alpha value is -2.10. The average molecular weight is 390 g/mol. The number of hydrogen-bond acceptors (Lipinski definition) is 4. The number of thiocarbonyl (C=S) groups is 1. The Labute approximate surface area is 166 Å². The number of allylic oxidation sites excluding steroid dienone is 1. The van der Waals surface area contributed by atoms with Crippen molar-refractivity contribution in [1.29, 1.82) is 5.26 Å². The van der Waals surface area contributed by atoms with Gasteiger partial charge in [-0.2, -0.15) is 5.26 Å². The zero-order valence-corrected chi connectivity index (χ0v) is 17.0. The van der Waals surface area contributed by atoms with Gasteiger partial charge in [0.1, 0.15) is 16.6 Å². The summed E-state index contributed by atoms with van der Waals surface area (Å²) in [6.07, 6.45) is 2.63. The monoisotopic (exact) mass is 389 g/mol. The molecule has 0 saturated carbocycles. The Balaban J connectivity index is 2.12. The third-order valence-electron chi connectivity index (χ3n) is 4.26.